The smallest absolute Gasteiger partial charge is 0.293 e. The maximum atomic E-state index is 12.6. The van der Waals surface area contributed by atoms with Gasteiger partial charge in [0.1, 0.15) is 11.2 Å². The van der Waals surface area contributed by atoms with E-state index in [1.165, 1.54) is 23.3 Å². The normalized spacial score (nSPS) is 20.9. The second-order valence-corrected chi connectivity index (χ2v) is 7.94. The molecule has 0 bridgehead atoms. The Kier molecular flexibility index (Phi) is 3.13. The van der Waals surface area contributed by atoms with Gasteiger partial charge in [-0.3, -0.25) is 4.79 Å². The highest BCUT2D eigenvalue weighted by molar-refractivity contribution is 7.19. The lowest BCUT2D eigenvalue weighted by Crippen LogP contribution is -2.28. The lowest BCUT2D eigenvalue weighted by atomic mass is 9.87. The molecule has 0 spiro atoms. The molecule has 1 amide bonds. The molecular formula is C17H19N5OS. The number of fused-ring (bicyclic) bond motifs is 5. The predicted octanol–water partition coefficient (Wildman–Crippen LogP) is 3.01. The summed E-state index contributed by atoms with van der Waals surface area (Å²) in [4.78, 5) is 26.1. The summed E-state index contributed by atoms with van der Waals surface area (Å²) in [5.41, 5.74) is 2.17. The van der Waals surface area contributed by atoms with Crippen LogP contribution in [0.4, 0.5) is 0 Å². The second kappa shape index (κ2) is 5.24. The van der Waals surface area contributed by atoms with Crippen molar-refractivity contribution in [3.8, 4) is 0 Å². The van der Waals surface area contributed by atoms with Crippen molar-refractivity contribution in [2.45, 2.75) is 44.9 Å². The Labute approximate surface area is 143 Å². The van der Waals surface area contributed by atoms with Crippen molar-refractivity contribution in [1.29, 1.82) is 0 Å². The average Bonchev–Trinajstić information content (AvgIpc) is 3.30. The molecule has 1 fully saturated rings. The summed E-state index contributed by atoms with van der Waals surface area (Å²) in [6.07, 6.45) is 7.40. The summed E-state index contributed by atoms with van der Waals surface area (Å²) in [6.45, 7) is 3.90. The zero-order chi connectivity index (χ0) is 16.3. The van der Waals surface area contributed by atoms with E-state index in [0.29, 0.717) is 11.7 Å². The third kappa shape index (κ3) is 2.00. The molecule has 3 aromatic rings. The molecule has 7 heteroatoms. The molecule has 5 rings (SSSR count). The molecule has 1 atom stereocenters. The fourth-order valence-corrected chi connectivity index (χ4v) is 5.33. The summed E-state index contributed by atoms with van der Waals surface area (Å²) in [5.74, 6) is 0.765. The van der Waals surface area contributed by atoms with Gasteiger partial charge in [0.2, 0.25) is 5.82 Å². The van der Waals surface area contributed by atoms with Crippen LogP contribution in [0.1, 0.15) is 59.6 Å². The van der Waals surface area contributed by atoms with Crippen molar-refractivity contribution in [2.75, 3.05) is 13.1 Å². The average molecular weight is 341 g/mol. The number of amides is 1. The standard InChI is InChI=1S/C17H19N5OS/c1-10-5-4-6-11-12(10)13-15-19-14(17(23)21-7-2-3-8-21)20-22(15)9-18-16(13)24-11/h9-10H,2-8H2,1H3/t10-/m0/s1. The lowest BCUT2D eigenvalue weighted by Gasteiger charge is -2.18. The summed E-state index contributed by atoms with van der Waals surface area (Å²) in [5, 5.41) is 5.53. The number of aromatic nitrogens is 4. The van der Waals surface area contributed by atoms with E-state index in [-0.39, 0.29) is 5.91 Å². The highest BCUT2D eigenvalue weighted by Gasteiger charge is 2.27. The first-order chi connectivity index (χ1) is 11.7. The molecule has 124 valence electrons. The van der Waals surface area contributed by atoms with Crippen LogP contribution in [0.3, 0.4) is 0 Å². The van der Waals surface area contributed by atoms with Crippen molar-refractivity contribution in [3.63, 3.8) is 0 Å². The Morgan fingerprint density at radius 1 is 1.29 bits per heavy atom. The summed E-state index contributed by atoms with van der Waals surface area (Å²) in [7, 11) is 0. The van der Waals surface area contributed by atoms with Crippen LogP contribution < -0.4 is 0 Å². The van der Waals surface area contributed by atoms with E-state index in [1.54, 1.807) is 22.2 Å². The van der Waals surface area contributed by atoms with Crippen LogP contribution in [-0.2, 0) is 6.42 Å². The minimum Gasteiger partial charge on any atom is -0.336 e. The molecule has 0 aromatic carbocycles. The van der Waals surface area contributed by atoms with Gasteiger partial charge in [0.05, 0.1) is 5.39 Å². The lowest BCUT2D eigenvalue weighted by molar-refractivity contribution is 0.0781. The highest BCUT2D eigenvalue weighted by atomic mass is 32.1. The van der Waals surface area contributed by atoms with Gasteiger partial charge in [0.25, 0.3) is 5.91 Å². The maximum absolute atomic E-state index is 12.6. The Bertz CT molecular complexity index is 953. The summed E-state index contributed by atoms with van der Waals surface area (Å²) >= 11 is 1.77. The topological polar surface area (TPSA) is 63.4 Å². The number of likely N-dealkylation sites (tertiary alicyclic amines) is 1. The second-order valence-electron chi connectivity index (χ2n) is 6.86. The number of rotatable bonds is 1. The fourth-order valence-electron chi connectivity index (χ4n) is 4.04. The van der Waals surface area contributed by atoms with Crippen LogP contribution in [0.2, 0.25) is 0 Å². The van der Waals surface area contributed by atoms with E-state index in [2.05, 4.69) is 22.0 Å². The zero-order valence-electron chi connectivity index (χ0n) is 13.7. The molecule has 2 aliphatic rings. The third-order valence-corrected chi connectivity index (χ3v) is 6.43. The zero-order valence-corrected chi connectivity index (χ0v) is 14.5. The first-order valence-electron chi connectivity index (χ1n) is 8.68. The van der Waals surface area contributed by atoms with Crippen molar-refractivity contribution in [2.24, 2.45) is 0 Å². The minimum absolute atomic E-state index is 0.0542. The van der Waals surface area contributed by atoms with Gasteiger partial charge in [-0.2, -0.15) is 0 Å². The monoisotopic (exact) mass is 341 g/mol. The SMILES string of the molecule is C[C@H]1CCCc2sc3ncn4nc(C(=O)N5CCCC5)nc4c3c21. The van der Waals surface area contributed by atoms with Crippen molar-refractivity contribution in [1.82, 2.24) is 24.5 Å². The molecular weight excluding hydrogens is 322 g/mol. The van der Waals surface area contributed by atoms with Gasteiger partial charge in [-0.05, 0) is 43.6 Å². The molecule has 3 aromatic heterocycles. The first kappa shape index (κ1) is 14.3. The maximum Gasteiger partial charge on any atom is 0.293 e. The number of nitrogens with zero attached hydrogens (tertiary/aromatic N) is 5. The minimum atomic E-state index is -0.0542. The van der Waals surface area contributed by atoms with E-state index in [0.717, 1.165) is 48.2 Å². The number of hydrogen-bond acceptors (Lipinski definition) is 5. The van der Waals surface area contributed by atoms with Gasteiger partial charge in [0, 0.05) is 18.0 Å². The molecule has 0 N–H and O–H groups in total. The Balaban J connectivity index is 1.70. The van der Waals surface area contributed by atoms with Crippen LogP contribution in [0.5, 0.6) is 0 Å². The Morgan fingerprint density at radius 2 is 2.12 bits per heavy atom. The highest BCUT2D eigenvalue weighted by Crippen LogP contribution is 2.42. The van der Waals surface area contributed by atoms with E-state index in [9.17, 15) is 4.79 Å². The van der Waals surface area contributed by atoms with Gasteiger partial charge in [0.15, 0.2) is 5.65 Å². The summed E-state index contributed by atoms with van der Waals surface area (Å²) in [6, 6.07) is 0. The molecule has 24 heavy (non-hydrogen) atoms. The number of aryl methyl sites for hydroxylation is 1. The number of hydrogen-bond donors (Lipinski definition) is 0. The van der Waals surface area contributed by atoms with Gasteiger partial charge in [-0.15, -0.1) is 16.4 Å². The quantitative estimate of drug-likeness (QED) is 0.682. The van der Waals surface area contributed by atoms with Crippen LogP contribution in [0, 0.1) is 0 Å². The van der Waals surface area contributed by atoms with Crippen LogP contribution in [-0.4, -0.2) is 43.5 Å². The molecule has 4 heterocycles. The molecule has 0 unspecified atom stereocenters. The number of thiophene rings is 1. The molecule has 6 nitrogen and oxygen atoms in total. The fraction of sp³-hybridized carbons (Fsp3) is 0.529. The largest absolute Gasteiger partial charge is 0.336 e. The van der Waals surface area contributed by atoms with Gasteiger partial charge in [-0.25, -0.2) is 14.5 Å². The Hall–Kier alpha value is -2.02. The van der Waals surface area contributed by atoms with E-state index < -0.39 is 0 Å². The van der Waals surface area contributed by atoms with Crippen molar-refractivity contribution in [3.05, 3.63) is 22.6 Å². The molecule has 1 aliphatic carbocycles. The summed E-state index contributed by atoms with van der Waals surface area (Å²) < 4.78 is 1.68. The van der Waals surface area contributed by atoms with E-state index in [1.807, 2.05) is 4.90 Å². The van der Waals surface area contributed by atoms with Crippen LogP contribution >= 0.6 is 11.3 Å². The van der Waals surface area contributed by atoms with Crippen LogP contribution in [0.25, 0.3) is 15.9 Å². The number of carbonyl (C=O) groups is 1. The van der Waals surface area contributed by atoms with Crippen molar-refractivity contribution < 1.29 is 4.79 Å². The van der Waals surface area contributed by atoms with Gasteiger partial charge < -0.3 is 4.90 Å². The molecule has 0 saturated carbocycles. The Morgan fingerprint density at radius 3 is 2.96 bits per heavy atom. The van der Waals surface area contributed by atoms with Crippen molar-refractivity contribution >= 4 is 33.1 Å². The van der Waals surface area contributed by atoms with E-state index in [4.69, 9.17) is 0 Å². The van der Waals surface area contributed by atoms with E-state index >= 15 is 0 Å². The molecule has 1 saturated heterocycles. The van der Waals surface area contributed by atoms with Gasteiger partial charge in [-0.1, -0.05) is 6.92 Å². The third-order valence-electron chi connectivity index (χ3n) is 5.26. The first-order valence-corrected chi connectivity index (χ1v) is 9.50. The van der Waals surface area contributed by atoms with Gasteiger partial charge >= 0.3 is 0 Å². The molecule has 1 aliphatic heterocycles. The molecule has 0 radical (unpaired) electrons. The predicted molar refractivity (Wildman–Crippen MR) is 92.7 cm³/mol. The number of carbonyl (C=O) groups excluding carboxylic acids is 1. The van der Waals surface area contributed by atoms with Crippen LogP contribution in [0.15, 0.2) is 6.33 Å².